The van der Waals surface area contributed by atoms with E-state index in [-0.39, 0.29) is 18.1 Å². The van der Waals surface area contributed by atoms with Crippen molar-refractivity contribution in [3.63, 3.8) is 0 Å². The number of hydrogen-bond acceptors (Lipinski definition) is 5. The predicted molar refractivity (Wildman–Crippen MR) is 53.2 cm³/mol. The fraction of sp³-hybridized carbons (Fsp3) is 0.375. The monoisotopic (exact) mass is 214 g/mol. The molecule has 7 heteroatoms. The summed E-state index contributed by atoms with van der Waals surface area (Å²) >= 11 is 0. The first-order valence-corrected chi connectivity index (χ1v) is 4.16. The first-order valence-electron chi connectivity index (χ1n) is 4.16. The van der Waals surface area contributed by atoms with Crippen molar-refractivity contribution in [2.24, 2.45) is 5.73 Å². The van der Waals surface area contributed by atoms with Crippen LogP contribution in [0.2, 0.25) is 0 Å². The van der Waals surface area contributed by atoms with Crippen LogP contribution >= 0.6 is 0 Å². The Bertz CT molecular complexity index is 288. The van der Waals surface area contributed by atoms with Crippen LogP contribution in [0.4, 0.5) is 0 Å². The molecule has 7 nitrogen and oxygen atoms in total. The minimum Gasteiger partial charge on any atom is -0.383 e. The number of nitrogens with one attached hydrogen (secondary N) is 2. The van der Waals surface area contributed by atoms with Crippen LogP contribution in [-0.4, -0.2) is 44.1 Å². The molecule has 0 aliphatic carbocycles. The molecule has 0 heterocycles. The lowest BCUT2D eigenvalue weighted by Crippen LogP contribution is -2.37. The highest BCUT2D eigenvalue weighted by molar-refractivity contribution is 5.93. The van der Waals surface area contributed by atoms with Gasteiger partial charge in [-0.2, -0.15) is 0 Å². The lowest BCUT2D eigenvalue weighted by atomic mass is 10.3. The van der Waals surface area contributed by atoms with Crippen LogP contribution in [0, 0.1) is 0 Å². The minimum absolute atomic E-state index is 0.0146. The number of amides is 2. The van der Waals surface area contributed by atoms with Gasteiger partial charge in [0.1, 0.15) is 17.8 Å². The molecule has 0 aromatic heterocycles. The average molecular weight is 214 g/mol. The second-order valence-electron chi connectivity index (χ2n) is 2.60. The quantitative estimate of drug-likeness (QED) is 0.342. The van der Waals surface area contributed by atoms with Crippen LogP contribution in [-0.2, 0) is 14.4 Å². The minimum atomic E-state index is -0.497. The molecule has 4 N–H and O–H groups in total. The fourth-order valence-corrected chi connectivity index (χ4v) is 0.789. The molecule has 0 aromatic carbocycles. The zero-order valence-corrected chi connectivity index (χ0v) is 8.61. The van der Waals surface area contributed by atoms with Crippen LogP contribution in [0.15, 0.2) is 11.5 Å². The van der Waals surface area contributed by atoms with Crippen molar-refractivity contribution in [3.05, 3.63) is 11.5 Å². The summed E-state index contributed by atoms with van der Waals surface area (Å²) in [7, 11) is 2.81. The van der Waals surface area contributed by atoms with Crippen molar-refractivity contribution in [3.8, 4) is 0 Å². The first-order chi connectivity index (χ1) is 7.08. The third-order valence-corrected chi connectivity index (χ3v) is 1.61. The van der Waals surface area contributed by atoms with Crippen LogP contribution in [0.3, 0.4) is 0 Å². The number of nitrogens with zero attached hydrogens (tertiary/aromatic N) is 1. The van der Waals surface area contributed by atoms with Gasteiger partial charge in [-0.3, -0.25) is 9.59 Å². The number of carbonyl (C=O) groups excluding carboxylic acids is 3. The van der Waals surface area contributed by atoms with Gasteiger partial charge in [0.25, 0.3) is 5.91 Å². The molecule has 0 bridgehead atoms. The van der Waals surface area contributed by atoms with Crippen LogP contribution < -0.4 is 16.4 Å². The van der Waals surface area contributed by atoms with E-state index in [9.17, 15) is 14.4 Å². The Labute approximate surface area is 87.3 Å². The Morgan fingerprint density at radius 2 is 2.07 bits per heavy atom. The smallest absolute Gasteiger partial charge is 0.270 e. The summed E-state index contributed by atoms with van der Waals surface area (Å²) in [4.78, 5) is 32.9. The molecule has 0 fully saturated rings. The van der Waals surface area contributed by atoms with E-state index < -0.39 is 5.91 Å². The zero-order chi connectivity index (χ0) is 11.8. The van der Waals surface area contributed by atoms with Gasteiger partial charge in [0, 0.05) is 14.1 Å². The van der Waals surface area contributed by atoms with Gasteiger partial charge < -0.3 is 26.1 Å². The van der Waals surface area contributed by atoms with Crippen molar-refractivity contribution < 1.29 is 14.4 Å². The van der Waals surface area contributed by atoms with E-state index in [1.807, 2.05) is 0 Å². The maximum Gasteiger partial charge on any atom is 0.270 e. The van der Waals surface area contributed by atoms with Gasteiger partial charge in [-0.25, -0.2) is 0 Å². The number of hydrogen-bond donors (Lipinski definition) is 3. The summed E-state index contributed by atoms with van der Waals surface area (Å²) in [6, 6.07) is 0. The largest absolute Gasteiger partial charge is 0.383 e. The predicted octanol–water partition coefficient (Wildman–Crippen LogP) is -2.26. The van der Waals surface area contributed by atoms with Gasteiger partial charge in [0.15, 0.2) is 0 Å². The van der Waals surface area contributed by atoms with Crippen LogP contribution in [0.1, 0.15) is 0 Å². The SMILES string of the molecule is CNC(=O)/C(NCC=O)=C(/N)N(C)C=O. The van der Waals surface area contributed by atoms with E-state index in [1.54, 1.807) is 0 Å². The molecule has 0 aliphatic rings. The average Bonchev–Trinajstić information content (AvgIpc) is 2.27. The molecule has 0 rings (SSSR count). The fourth-order valence-electron chi connectivity index (χ4n) is 0.789. The highest BCUT2D eigenvalue weighted by atomic mass is 16.2. The molecule has 0 unspecified atom stereocenters. The summed E-state index contributed by atoms with van der Waals surface area (Å²) in [5.74, 6) is -0.547. The Kier molecular flexibility index (Phi) is 5.53. The molecule has 15 heavy (non-hydrogen) atoms. The number of carbonyl (C=O) groups is 3. The number of nitrogens with two attached hydrogens (primary N) is 1. The summed E-state index contributed by atoms with van der Waals surface area (Å²) in [5, 5.41) is 4.85. The van der Waals surface area contributed by atoms with Gasteiger partial charge in [0.05, 0.1) is 6.54 Å². The Balaban J connectivity index is 4.95. The van der Waals surface area contributed by atoms with Gasteiger partial charge in [-0.1, -0.05) is 0 Å². The second-order valence-corrected chi connectivity index (χ2v) is 2.60. The summed E-state index contributed by atoms with van der Waals surface area (Å²) in [5.41, 5.74) is 5.51. The van der Waals surface area contributed by atoms with E-state index in [4.69, 9.17) is 5.73 Å². The Hall–Kier alpha value is -2.05. The maximum absolute atomic E-state index is 11.3. The van der Waals surface area contributed by atoms with Gasteiger partial charge >= 0.3 is 0 Å². The van der Waals surface area contributed by atoms with Crippen molar-refractivity contribution in [1.29, 1.82) is 0 Å². The lowest BCUT2D eigenvalue weighted by molar-refractivity contribution is -0.117. The molecular weight excluding hydrogens is 200 g/mol. The molecule has 84 valence electrons. The topological polar surface area (TPSA) is 105 Å². The van der Waals surface area contributed by atoms with E-state index in [0.29, 0.717) is 12.7 Å². The molecule has 0 aromatic rings. The molecule has 0 spiro atoms. The van der Waals surface area contributed by atoms with E-state index in [0.717, 1.165) is 4.90 Å². The van der Waals surface area contributed by atoms with E-state index in [2.05, 4.69) is 10.6 Å². The van der Waals surface area contributed by atoms with Gasteiger partial charge in [0.2, 0.25) is 6.41 Å². The standard InChI is InChI=1S/C8H14N4O3/c1-10-8(15)6(11-3-4-13)7(9)12(2)5-14/h4-5,11H,3,9H2,1-2H3,(H,10,15)/b7-6+. The zero-order valence-electron chi connectivity index (χ0n) is 8.61. The van der Waals surface area contributed by atoms with Crippen LogP contribution in [0.5, 0.6) is 0 Å². The van der Waals surface area contributed by atoms with Crippen molar-refractivity contribution in [2.75, 3.05) is 20.6 Å². The highest BCUT2D eigenvalue weighted by Crippen LogP contribution is 1.97. The number of likely N-dealkylation sites (N-methyl/N-ethyl adjacent to an activating group) is 1. The van der Waals surface area contributed by atoms with Crippen molar-refractivity contribution >= 4 is 18.6 Å². The summed E-state index contributed by atoms with van der Waals surface area (Å²) in [6.07, 6.45) is 1.04. The Morgan fingerprint density at radius 3 is 2.47 bits per heavy atom. The van der Waals surface area contributed by atoms with E-state index >= 15 is 0 Å². The molecule has 0 aliphatic heterocycles. The van der Waals surface area contributed by atoms with Crippen molar-refractivity contribution in [1.82, 2.24) is 15.5 Å². The number of aldehydes is 1. The normalized spacial score (nSPS) is 11.1. The van der Waals surface area contributed by atoms with Gasteiger partial charge in [-0.15, -0.1) is 0 Å². The Morgan fingerprint density at radius 1 is 1.47 bits per heavy atom. The van der Waals surface area contributed by atoms with Gasteiger partial charge in [-0.05, 0) is 0 Å². The molecular formula is C8H14N4O3. The first kappa shape index (κ1) is 12.9. The highest BCUT2D eigenvalue weighted by Gasteiger charge is 2.14. The third kappa shape index (κ3) is 3.67. The van der Waals surface area contributed by atoms with E-state index in [1.165, 1.54) is 14.1 Å². The van der Waals surface area contributed by atoms with Crippen molar-refractivity contribution in [2.45, 2.75) is 0 Å². The third-order valence-electron chi connectivity index (χ3n) is 1.61. The maximum atomic E-state index is 11.3. The summed E-state index contributed by atoms with van der Waals surface area (Å²) in [6.45, 7) is -0.0594. The molecule has 0 saturated heterocycles. The molecule has 0 atom stereocenters. The van der Waals surface area contributed by atoms with Crippen LogP contribution in [0.25, 0.3) is 0 Å². The molecule has 2 amide bonds. The summed E-state index contributed by atoms with van der Waals surface area (Å²) < 4.78 is 0. The number of rotatable bonds is 6. The second kappa shape index (κ2) is 6.41. The molecule has 0 radical (unpaired) electrons. The lowest BCUT2D eigenvalue weighted by Gasteiger charge is -2.16. The molecule has 0 saturated carbocycles.